The Bertz CT molecular complexity index is 929. The first-order valence-corrected chi connectivity index (χ1v) is 10.3. The highest BCUT2D eigenvalue weighted by atomic mass is 35.5. The topological polar surface area (TPSA) is 95.5 Å². The molecule has 0 aliphatic carbocycles. The van der Waals surface area contributed by atoms with Gasteiger partial charge in [0.1, 0.15) is 5.00 Å². The van der Waals surface area contributed by atoms with Gasteiger partial charge in [-0.05, 0) is 64.4 Å². The highest BCUT2D eigenvalue weighted by Gasteiger charge is 2.29. The summed E-state index contributed by atoms with van der Waals surface area (Å²) in [6, 6.07) is 5.61. The van der Waals surface area contributed by atoms with Crippen LogP contribution in [0.15, 0.2) is 24.3 Å². The molecule has 8 heteroatoms. The molecule has 0 bridgehead atoms. The van der Waals surface area contributed by atoms with Crippen LogP contribution in [0.4, 0.5) is 5.00 Å². The molecule has 0 aliphatic heterocycles. The minimum atomic E-state index is -1.09. The number of benzene rings is 1. The molecule has 6 nitrogen and oxygen atoms in total. The predicted octanol–water partition coefficient (Wildman–Crippen LogP) is 4.42. The Morgan fingerprint density at radius 3 is 2.24 bits per heavy atom. The van der Waals surface area contributed by atoms with E-state index in [-0.39, 0.29) is 12.2 Å². The van der Waals surface area contributed by atoms with E-state index in [2.05, 4.69) is 10.6 Å². The number of rotatable bonds is 7. The fraction of sp³-hybridized carbons (Fsp3) is 0.381. The molecule has 0 saturated carbocycles. The van der Waals surface area contributed by atoms with E-state index in [9.17, 15) is 19.5 Å². The van der Waals surface area contributed by atoms with Crippen molar-refractivity contribution < 1.29 is 19.5 Å². The van der Waals surface area contributed by atoms with Gasteiger partial charge in [-0.1, -0.05) is 11.6 Å². The van der Waals surface area contributed by atoms with Crippen LogP contribution in [-0.2, 0) is 9.59 Å². The third kappa shape index (κ3) is 6.13. The molecule has 1 aromatic heterocycles. The second-order valence-electron chi connectivity index (χ2n) is 7.86. The van der Waals surface area contributed by atoms with Gasteiger partial charge in [0.05, 0.1) is 18.0 Å². The number of hydrogen-bond acceptors (Lipinski definition) is 5. The zero-order valence-electron chi connectivity index (χ0n) is 17.1. The van der Waals surface area contributed by atoms with E-state index >= 15 is 0 Å². The van der Waals surface area contributed by atoms with Crippen molar-refractivity contribution in [3.05, 3.63) is 50.9 Å². The van der Waals surface area contributed by atoms with Crippen LogP contribution in [0, 0.1) is 13.8 Å². The molecule has 2 aromatic rings. The second kappa shape index (κ2) is 9.07. The molecule has 0 saturated heterocycles. The zero-order valence-corrected chi connectivity index (χ0v) is 18.6. The summed E-state index contributed by atoms with van der Waals surface area (Å²) >= 11 is 7.20. The van der Waals surface area contributed by atoms with Crippen LogP contribution in [0.5, 0.6) is 0 Å². The van der Waals surface area contributed by atoms with Gasteiger partial charge >= 0.3 is 5.97 Å². The largest absolute Gasteiger partial charge is 0.481 e. The minimum absolute atomic E-state index is 0.225. The number of aryl methyl sites for hydroxylation is 1. The van der Waals surface area contributed by atoms with Crippen LogP contribution >= 0.6 is 22.9 Å². The van der Waals surface area contributed by atoms with Crippen LogP contribution in [0.2, 0.25) is 5.02 Å². The van der Waals surface area contributed by atoms with Crippen molar-refractivity contribution in [2.45, 2.75) is 52.6 Å². The van der Waals surface area contributed by atoms with Crippen molar-refractivity contribution in [3.8, 4) is 0 Å². The third-order valence-electron chi connectivity index (χ3n) is 4.26. The number of ketones is 1. The average molecular weight is 437 g/mol. The zero-order chi connectivity index (χ0) is 21.9. The number of carbonyl (C=O) groups is 3. The summed E-state index contributed by atoms with van der Waals surface area (Å²) in [6.45, 7) is 9.25. The number of anilines is 1. The quantitative estimate of drug-likeness (QED) is 0.558. The molecule has 1 unspecified atom stereocenters. The minimum Gasteiger partial charge on any atom is -0.481 e. The van der Waals surface area contributed by atoms with E-state index in [0.29, 0.717) is 21.2 Å². The Morgan fingerprint density at radius 2 is 1.72 bits per heavy atom. The average Bonchev–Trinajstić information content (AvgIpc) is 2.86. The Labute approximate surface area is 179 Å². The number of nitrogens with one attached hydrogen (secondary N) is 2. The van der Waals surface area contributed by atoms with Crippen LogP contribution < -0.4 is 10.6 Å². The summed E-state index contributed by atoms with van der Waals surface area (Å²) < 4.78 is 0. The Hall–Kier alpha value is -2.22. The highest BCUT2D eigenvalue weighted by molar-refractivity contribution is 7.16. The molecule has 29 heavy (non-hydrogen) atoms. The number of hydrogen-bond donors (Lipinski definition) is 3. The number of carboxylic acid groups (broad SMARTS) is 1. The molecule has 1 aromatic carbocycles. The molecule has 0 spiro atoms. The molecule has 3 N–H and O–H groups in total. The van der Waals surface area contributed by atoms with Gasteiger partial charge in [-0.15, -0.1) is 11.3 Å². The van der Waals surface area contributed by atoms with Crippen molar-refractivity contribution in [1.82, 2.24) is 5.32 Å². The molecular formula is C21H25ClN2O4S. The lowest BCUT2D eigenvalue weighted by Gasteiger charge is -2.27. The van der Waals surface area contributed by atoms with Crippen molar-refractivity contribution in [2.24, 2.45) is 0 Å². The van der Waals surface area contributed by atoms with Crippen LogP contribution in [-0.4, -0.2) is 34.3 Å². The Kier molecular flexibility index (Phi) is 7.21. The first kappa shape index (κ1) is 23.1. The molecule has 2 rings (SSSR count). The monoisotopic (exact) mass is 436 g/mol. The summed E-state index contributed by atoms with van der Waals surface area (Å²) in [5.74, 6) is -1.80. The number of amides is 1. The van der Waals surface area contributed by atoms with Gasteiger partial charge in [-0.3, -0.25) is 14.4 Å². The lowest BCUT2D eigenvalue weighted by atomic mass is 10.0. The van der Waals surface area contributed by atoms with E-state index in [0.717, 1.165) is 10.4 Å². The molecule has 1 heterocycles. The van der Waals surface area contributed by atoms with Gasteiger partial charge < -0.3 is 15.7 Å². The van der Waals surface area contributed by atoms with E-state index in [1.807, 2.05) is 34.6 Å². The summed E-state index contributed by atoms with van der Waals surface area (Å²) in [7, 11) is 0. The predicted molar refractivity (Wildman–Crippen MR) is 116 cm³/mol. The molecule has 1 atom stereocenters. The summed E-state index contributed by atoms with van der Waals surface area (Å²) in [4.78, 5) is 38.0. The SMILES string of the molecule is Cc1sc(NC(=O)C(CC(=O)O)NC(C)(C)C)c(C(=O)c2ccc(Cl)cc2)c1C. The van der Waals surface area contributed by atoms with Gasteiger partial charge in [0, 0.05) is 21.0 Å². The lowest BCUT2D eigenvalue weighted by molar-refractivity contribution is -0.139. The highest BCUT2D eigenvalue weighted by Crippen LogP contribution is 2.34. The summed E-state index contributed by atoms with van der Waals surface area (Å²) in [5.41, 5.74) is 1.19. The van der Waals surface area contributed by atoms with Crippen molar-refractivity contribution in [2.75, 3.05) is 5.32 Å². The smallest absolute Gasteiger partial charge is 0.305 e. The number of carbonyl (C=O) groups excluding carboxylic acids is 2. The maximum Gasteiger partial charge on any atom is 0.305 e. The van der Waals surface area contributed by atoms with Gasteiger partial charge in [0.15, 0.2) is 5.78 Å². The van der Waals surface area contributed by atoms with Gasteiger partial charge in [-0.25, -0.2) is 0 Å². The molecule has 0 aliphatic rings. The standard InChI is InChI=1S/C21H25ClN2O4S/c1-11-12(2)29-20(17(11)18(27)13-6-8-14(22)9-7-13)23-19(28)15(10-16(25)26)24-21(3,4)5/h6-9,15,24H,10H2,1-5H3,(H,23,28)(H,25,26). The maximum atomic E-state index is 13.1. The molecule has 0 fully saturated rings. The summed E-state index contributed by atoms with van der Waals surface area (Å²) in [5, 5.41) is 15.9. The first-order valence-electron chi connectivity index (χ1n) is 9.09. The number of halogens is 1. The Morgan fingerprint density at radius 1 is 1.14 bits per heavy atom. The number of carboxylic acids is 1. The van der Waals surface area contributed by atoms with E-state index in [1.54, 1.807) is 24.3 Å². The molecule has 1 amide bonds. The number of thiophene rings is 1. The van der Waals surface area contributed by atoms with Gasteiger partial charge in [0.25, 0.3) is 0 Å². The van der Waals surface area contributed by atoms with Crippen LogP contribution in [0.1, 0.15) is 53.6 Å². The van der Waals surface area contributed by atoms with Crippen molar-refractivity contribution in [3.63, 3.8) is 0 Å². The van der Waals surface area contributed by atoms with E-state index < -0.39 is 23.5 Å². The van der Waals surface area contributed by atoms with Gasteiger partial charge in [0.2, 0.25) is 5.91 Å². The Balaban J connectivity index is 2.35. The number of aliphatic carboxylic acids is 1. The van der Waals surface area contributed by atoms with Crippen LogP contribution in [0.25, 0.3) is 0 Å². The summed E-state index contributed by atoms with van der Waals surface area (Å²) in [6.07, 6.45) is -0.368. The van der Waals surface area contributed by atoms with Crippen molar-refractivity contribution in [1.29, 1.82) is 0 Å². The van der Waals surface area contributed by atoms with Crippen LogP contribution in [0.3, 0.4) is 0 Å². The third-order valence-corrected chi connectivity index (χ3v) is 5.63. The lowest BCUT2D eigenvalue weighted by Crippen LogP contribution is -2.50. The maximum absolute atomic E-state index is 13.1. The molecule has 156 valence electrons. The van der Waals surface area contributed by atoms with Gasteiger partial charge in [-0.2, -0.15) is 0 Å². The molecule has 0 radical (unpaired) electrons. The second-order valence-corrected chi connectivity index (χ2v) is 9.52. The van der Waals surface area contributed by atoms with Crippen molar-refractivity contribution >= 4 is 45.6 Å². The van der Waals surface area contributed by atoms with E-state index in [1.165, 1.54) is 11.3 Å². The van der Waals surface area contributed by atoms with E-state index in [4.69, 9.17) is 11.6 Å². The first-order chi connectivity index (χ1) is 13.4. The molecular weight excluding hydrogens is 412 g/mol. The fourth-order valence-corrected chi connectivity index (χ4v) is 4.03. The normalized spacial score (nSPS) is 12.5. The fourth-order valence-electron chi connectivity index (χ4n) is 2.84.